The van der Waals surface area contributed by atoms with Crippen LogP contribution in [-0.4, -0.2) is 34.6 Å². The monoisotopic (exact) mass is 386 g/mol. The van der Waals surface area contributed by atoms with Crippen LogP contribution in [0.2, 0.25) is 0 Å². The maximum atomic E-state index is 13.0. The number of likely N-dealkylation sites (tertiary alicyclic amines) is 1. The van der Waals surface area contributed by atoms with E-state index < -0.39 is 0 Å². The average Bonchev–Trinajstić information content (AvgIpc) is 3.12. The molecule has 0 N–H and O–H groups in total. The molecule has 1 aliphatic heterocycles. The Bertz CT molecular complexity index is 877. The first-order valence-corrected chi connectivity index (χ1v) is 10.5. The molecule has 1 fully saturated rings. The van der Waals surface area contributed by atoms with Crippen LogP contribution in [0, 0.1) is 5.82 Å². The van der Waals surface area contributed by atoms with Gasteiger partial charge in [0.1, 0.15) is 5.82 Å². The second-order valence-electron chi connectivity index (χ2n) is 6.44. The molecule has 1 amide bonds. The zero-order valence-electron chi connectivity index (χ0n) is 14.2. The normalized spacial score (nSPS) is 17.6. The smallest absolute Gasteiger partial charge is 0.232 e. The number of fused-ring (bicyclic) bond motifs is 1. The van der Waals surface area contributed by atoms with Crippen molar-refractivity contribution in [2.75, 3.05) is 18.8 Å². The number of halogens is 1. The van der Waals surface area contributed by atoms with E-state index in [4.69, 9.17) is 4.98 Å². The van der Waals surface area contributed by atoms with Crippen molar-refractivity contribution in [3.63, 3.8) is 0 Å². The Morgan fingerprint density at radius 3 is 2.85 bits per heavy atom. The Morgan fingerprint density at radius 2 is 2.04 bits per heavy atom. The molecule has 1 atom stereocenters. The minimum Gasteiger partial charge on any atom is -0.341 e. The number of piperidine rings is 1. The number of rotatable bonds is 4. The second-order valence-corrected chi connectivity index (χ2v) is 8.55. The molecule has 2 heterocycles. The highest BCUT2D eigenvalue weighted by atomic mass is 32.2. The number of thiazole rings is 1. The highest BCUT2D eigenvalue weighted by Crippen LogP contribution is 2.33. The van der Waals surface area contributed by atoms with Crippen LogP contribution in [0.3, 0.4) is 0 Å². The van der Waals surface area contributed by atoms with Crippen molar-refractivity contribution in [1.82, 2.24) is 9.88 Å². The Kier molecular flexibility index (Phi) is 5.22. The largest absolute Gasteiger partial charge is 0.341 e. The lowest BCUT2D eigenvalue weighted by Gasteiger charge is -2.31. The van der Waals surface area contributed by atoms with Gasteiger partial charge >= 0.3 is 0 Å². The molecule has 4 rings (SSSR count). The van der Waals surface area contributed by atoms with E-state index in [1.165, 1.54) is 28.6 Å². The minimum atomic E-state index is -0.254. The summed E-state index contributed by atoms with van der Waals surface area (Å²) in [7, 11) is 0. The molecule has 26 heavy (non-hydrogen) atoms. The Morgan fingerprint density at radius 1 is 1.23 bits per heavy atom. The van der Waals surface area contributed by atoms with Crippen molar-refractivity contribution in [3.8, 4) is 0 Å². The third kappa shape index (κ3) is 3.91. The fraction of sp³-hybridized carbons (Fsp3) is 0.300. The molecular weight excluding hydrogens is 367 g/mol. The summed E-state index contributed by atoms with van der Waals surface area (Å²) in [6.45, 7) is 1.55. The van der Waals surface area contributed by atoms with Gasteiger partial charge in [-0.25, -0.2) is 9.37 Å². The van der Waals surface area contributed by atoms with Gasteiger partial charge in [-0.15, -0.1) is 23.1 Å². The predicted molar refractivity (Wildman–Crippen MR) is 105 cm³/mol. The SMILES string of the molecule is O=C(CSc1ccc(F)cc1)N1CCC[C@H](c2nc3ccccc3s2)C1. The molecule has 134 valence electrons. The first kappa shape index (κ1) is 17.5. The number of nitrogens with zero attached hydrogens (tertiary/aromatic N) is 2. The molecule has 1 aliphatic rings. The molecule has 3 nitrogen and oxygen atoms in total. The van der Waals surface area contributed by atoms with Gasteiger partial charge < -0.3 is 4.90 Å². The van der Waals surface area contributed by atoms with E-state index in [2.05, 4.69) is 6.07 Å². The zero-order valence-corrected chi connectivity index (χ0v) is 15.9. The van der Waals surface area contributed by atoms with Crippen LogP contribution in [0.15, 0.2) is 53.4 Å². The molecule has 0 aliphatic carbocycles. The van der Waals surface area contributed by atoms with Gasteiger partial charge in [-0.05, 0) is 49.2 Å². The first-order valence-electron chi connectivity index (χ1n) is 8.70. The number of thioether (sulfide) groups is 1. The Hall–Kier alpha value is -1.92. The van der Waals surface area contributed by atoms with Crippen molar-refractivity contribution in [3.05, 3.63) is 59.4 Å². The fourth-order valence-electron chi connectivity index (χ4n) is 3.24. The van der Waals surface area contributed by atoms with Crippen molar-refractivity contribution < 1.29 is 9.18 Å². The van der Waals surface area contributed by atoms with Gasteiger partial charge in [0, 0.05) is 23.9 Å². The van der Waals surface area contributed by atoms with Crippen molar-refractivity contribution in [2.45, 2.75) is 23.7 Å². The summed E-state index contributed by atoms with van der Waals surface area (Å²) in [5.74, 6) is 0.597. The predicted octanol–water partition coefficient (Wildman–Crippen LogP) is 4.93. The van der Waals surface area contributed by atoms with Crippen LogP contribution in [0.5, 0.6) is 0 Å². The van der Waals surface area contributed by atoms with E-state index in [-0.39, 0.29) is 11.7 Å². The number of hydrogen-bond acceptors (Lipinski definition) is 4. The van der Waals surface area contributed by atoms with Gasteiger partial charge in [-0.3, -0.25) is 4.79 Å². The summed E-state index contributed by atoms with van der Waals surface area (Å²) in [5.41, 5.74) is 1.04. The summed E-state index contributed by atoms with van der Waals surface area (Å²) >= 11 is 3.20. The highest BCUT2D eigenvalue weighted by molar-refractivity contribution is 8.00. The Labute approximate surface area is 160 Å². The van der Waals surface area contributed by atoms with E-state index in [0.717, 1.165) is 41.4 Å². The van der Waals surface area contributed by atoms with E-state index in [1.807, 2.05) is 23.1 Å². The number of benzene rings is 2. The molecule has 1 saturated heterocycles. The van der Waals surface area contributed by atoms with E-state index in [1.54, 1.807) is 23.5 Å². The average molecular weight is 387 g/mol. The summed E-state index contributed by atoms with van der Waals surface area (Å²) in [6.07, 6.45) is 2.09. The van der Waals surface area contributed by atoms with Gasteiger partial charge in [0.25, 0.3) is 0 Å². The standard InChI is InChI=1S/C20H19FN2OS2/c21-15-7-9-16(10-8-15)25-13-19(24)23-11-3-4-14(12-23)20-22-17-5-1-2-6-18(17)26-20/h1-2,5-10,14H,3-4,11-13H2/t14-/m0/s1. The quantitative estimate of drug-likeness (QED) is 0.596. The molecule has 0 radical (unpaired) electrons. The van der Waals surface area contributed by atoms with Crippen molar-refractivity contribution in [2.24, 2.45) is 0 Å². The van der Waals surface area contributed by atoms with Gasteiger partial charge in [0.2, 0.25) is 5.91 Å². The van der Waals surface area contributed by atoms with Crippen LogP contribution in [0.25, 0.3) is 10.2 Å². The minimum absolute atomic E-state index is 0.144. The second kappa shape index (κ2) is 7.76. The van der Waals surface area contributed by atoms with Crippen LogP contribution in [0.1, 0.15) is 23.8 Å². The lowest BCUT2D eigenvalue weighted by Crippen LogP contribution is -2.40. The van der Waals surface area contributed by atoms with Crippen molar-refractivity contribution >= 4 is 39.2 Å². The maximum Gasteiger partial charge on any atom is 0.232 e. The van der Waals surface area contributed by atoms with Gasteiger partial charge in [-0.2, -0.15) is 0 Å². The summed E-state index contributed by atoms with van der Waals surface area (Å²) in [6, 6.07) is 14.5. The number of carbonyl (C=O) groups excluding carboxylic acids is 1. The fourth-order valence-corrected chi connectivity index (χ4v) is 5.13. The van der Waals surface area contributed by atoms with E-state index in [0.29, 0.717) is 11.7 Å². The van der Waals surface area contributed by atoms with Gasteiger partial charge in [-0.1, -0.05) is 12.1 Å². The molecule has 0 spiro atoms. The number of amides is 1. The third-order valence-corrected chi connectivity index (χ3v) is 6.81. The molecule has 1 aromatic heterocycles. The van der Waals surface area contributed by atoms with E-state index in [9.17, 15) is 9.18 Å². The lowest BCUT2D eigenvalue weighted by atomic mass is 9.99. The van der Waals surface area contributed by atoms with E-state index >= 15 is 0 Å². The molecule has 0 unspecified atom stereocenters. The summed E-state index contributed by atoms with van der Waals surface area (Å²) in [5, 5.41) is 1.13. The molecule has 0 bridgehead atoms. The number of hydrogen-bond donors (Lipinski definition) is 0. The number of carbonyl (C=O) groups is 1. The number of aromatic nitrogens is 1. The molecule has 0 saturated carbocycles. The number of para-hydroxylation sites is 1. The van der Waals surface area contributed by atoms with Crippen LogP contribution >= 0.6 is 23.1 Å². The van der Waals surface area contributed by atoms with Gasteiger partial charge in [0.15, 0.2) is 0 Å². The summed E-state index contributed by atoms with van der Waals surface area (Å²) in [4.78, 5) is 20.2. The first-order chi connectivity index (χ1) is 12.7. The Balaban J connectivity index is 1.39. The highest BCUT2D eigenvalue weighted by Gasteiger charge is 2.26. The van der Waals surface area contributed by atoms with Crippen LogP contribution in [-0.2, 0) is 4.79 Å². The van der Waals surface area contributed by atoms with Crippen molar-refractivity contribution in [1.29, 1.82) is 0 Å². The lowest BCUT2D eigenvalue weighted by molar-refractivity contribution is -0.129. The topological polar surface area (TPSA) is 33.2 Å². The zero-order chi connectivity index (χ0) is 17.9. The third-order valence-electron chi connectivity index (χ3n) is 4.61. The molecule has 2 aromatic carbocycles. The molecule has 6 heteroatoms. The molecular formula is C20H19FN2OS2. The maximum absolute atomic E-state index is 13.0. The van der Waals surface area contributed by atoms with Crippen LogP contribution < -0.4 is 0 Å². The summed E-state index contributed by atoms with van der Waals surface area (Å²) < 4.78 is 14.2. The van der Waals surface area contributed by atoms with Gasteiger partial charge in [0.05, 0.1) is 21.0 Å². The molecule has 3 aromatic rings. The van der Waals surface area contributed by atoms with Crippen LogP contribution in [0.4, 0.5) is 4.39 Å².